The van der Waals surface area contributed by atoms with Gasteiger partial charge in [-0.3, -0.25) is 19.3 Å². The van der Waals surface area contributed by atoms with E-state index in [0.29, 0.717) is 16.5 Å². The van der Waals surface area contributed by atoms with Crippen molar-refractivity contribution in [2.24, 2.45) is 5.73 Å². The third-order valence-electron chi connectivity index (χ3n) is 5.45. The molecular formula is C24H25F2N3O4. The van der Waals surface area contributed by atoms with Gasteiger partial charge in [0.2, 0.25) is 11.8 Å². The first-order chi connectivity index (χ1) is 15.6. The number of aliphatic hydroxyl groups excluding tert-OH is 1. The van der Waals surface area contributed by atoms with Gasteiger partial charge in [-0.15, -0.1) is 0 Å². The van der Waals surface area contributed by atoms with Crippen LogP contribution in [-0.4, -0.2) is 58.3 Å². The summed E-state index contributed by atoms with van der Waals surface area (Å²) in [5.74, 6) is -5.39. The largest absolute Gasteiger partial charge is 0.378 e. The van der Waals surface area contributed by atoms with Crippen LogP contribution in [-0.2, 0) is 14.4 Å². The highest BCUT2D eigenvalue weighted by atomic mass is 19.1. The van der Waals surface area contributed by atoms with E-state index in [4.69, 9.17) is 5.73 Å². The Balaban J connectivity index is 2.13. The van der Waals surface area contributed by atoms with E-state index in [1.165, 1.54) is 18.9 Å². The SMILES string of the molecule is C[C@H](N)C(=O)N(C(=O)[C@@H](O)c1cc(F)cc(F)c1)[C@@H]1C(=O)N(C)CC=C[C@H]1c1ccccc1. The second-order valence-corrected chi connectivity index (χ2v) is 7.97. The van der Waals surface area contributed by atoms with Gasteiger partial charge in [-0.2, -0.15) is 0 Å². The molecule has 0 saturated carbocycles. The van der Waals surface area contributed by atoms with Gasteiger partial charge in [-0.1, -0.05) is 42.5 Å². The fourth-order valence-corrected chi connectivity index (χ4v) is 3.79. The topological polar surface area (TPSA) is 104 Å². The van der Waals surface area contributed by atoms with Gasteiger partial charge in [0.25, 0.3) is 5.91 Å². The minimum absolute atomic E-state index is 0.241. The van der Waals surface area contributed by atoms with Crippen molar-refractivity contribution < 1.29 is 28.3 Å². The van der Waals surface area contributed by atoms with Crippen LogP contribution >= 0.6 is 0 Å². The van der Waals surface area contributed by atoms with E-state index < -0.39 is 53.5 Å². The van der Waals surface area contributed by atoms with Gasteiger partial charge in [0, 0.05) is 25.6 Å². The first-order valence-electron chi connectivity index (χ1n) is 10.3. The fourth-order valence-electron chi connectivity index (χ4n) is 3.79. The van der Waals surface area contributed by atoms with Crippen molar-refractivity contribution in [2.75, 3.05) is 13.6 Å². The Labute approximate surface area is 190 Å². The number of benzene rings is 2. The van der Waals surface area contributed by atoms with Gasteiger partial charge in [0.15, 0.2) is 6.10 Å². The van der Waals surface area contributed by atoms with E-state index in [1.807, 2.05) is 0 Å². The molecule has 0 saturated heterocycles. The number of rotatable bonds is 5. The summed E-state index contributed by atoms with van der Waals surface area (Å²) in [5, 5.41) is 10.7. The molecule has 2 aromatic carbocycles. The van der Waals surface area contributed by atoms with Crippen molar-refractivity contribution >= 4 is 17.7 Å². The van der Waals surface area contributed by atoms with Gasteiger partial charge >= 0.3 is 0 Å². The summed E-state index contributed by atoms with van der Waals surface area (Å²) in [4.78, 5) is 41.9. The predicted molar refractivity (Wildman–Crippen MR) is 117 cm³/mol. The molecule has 1 heterocycles. The number of carbonyl (C=O) groups excluding carboxylic acids is 3. The van der Waals surface area contributed by atoms with E-state index >= 15 is 0 Å². The lowest BCUT2D eigenvalue weighted by Gasteiger charge is -2.36. The molecule has 0 aliphatic carbocycles. The third-order valence-corrected chi connectivity index (χ3v) is 5.45. The zero-order valence-corrected chi connectivity index (χ0v) is 18.2. The lowest BCUT2D eigenvalue weighted by Crippen LogP contribution is -2.58. The van der Waals surface area contributed by atoms with Crippen LogP contribution in [0.15, 0.2) is 60.7 Å². The van der Waals surface area contributed by atoms with Crippen LogP contribution in [0.2, 0.25) is 0 Å². The number of halogens is 2. The molecule has 7 nitrogen and oxygen atoms in total. The number of carbonyl (C=O) groups is 3. The average Bonchev–Trinajstić information content (AvgIpc) is 2.92. The summed E-state index contributed by atoms with van der Waals surface area (Å²) in [6.45, 7) is 1.58. The molecule has 2 aromatic rings. The van der Waals surface area contributed by atoms with Crippen LogP contribution in [0.5, 0.6) is 0 Å². The molecule has 4 atom stereocenters. The Hall–Kier alpha value is -3.43. The van der Waals surface area contributed by atoms with Crippen LogP contribution in [0.4, 0.5) is 8.78 Å². The quantitative estimate of drug-likeness (QED) is 0.668. The second-order valence-electron chi connectivity index (χ2n) is 7.97. The third kappa shape index (κ3) is 5.15. The molecule has 174 valence electrons. The van der Waals surface area contributed by atoms with Crippen molar-refractivity contribution in [1.29, 1.82) is 0 Å². The van der Waals surface area contributed by atoms with Crippen LogP contribution in [0.3, 0.4) is 0 Å². The summed E-state index contributed by atoms with van der Waals surface area (Å²) in [5.41, 5.74) is 6.05. The van der Waals surface area contributed by atoms with Crippen molar-refractivity contribution in [3.63, 3.8) is 0 Å². The maximum absolute atomic E-state index is 13.7. The van der Waals surface area contributed by atoms with Crippen LogP contribution in [0.25, 0.3) is 0 Å². The Morgan fingerprint density at radius 2 is 1.73 bits per heavy atom. The van der Waals surface area contributed by atoms with E-state index in [0.717, 1.165) is 12.1 Å². The normalized spacial score (nSPS) is 20.2. The monoisotopic (exact) mass is 457 g/mol. The number of hydrogen-bond acceptors (Lipinski definition) is 5. The summed E-state index contributed by atoms with van der Waals surface area (Å²) in [7, 11) is 1.52. The van der Waals surface area contributed by atoms with Gasteiger partial charge in [0.05, 0.1) is 6.04 Å². The molecule has 3 amide bonds. The molecule has 0 bridgehead atoms. The maximum Gasteiger partial charge on any atom is 0.263 e. The Morgan fingerprint density at radius 1 is 1.12 bits per heavy atom. The molecule has 3 rings (SSSR count). The molecule has 33 heavy (non-hydrogen) atoms. The molecule has 9 heteroatoms. The lowest BCUT2D eigenvalue weighted by atomic mass is 9.88. The molecule has 0 fully saturated rings. The number of nitrogens with two attached hydrogens (primary N) is 1. The van der Waals surface area contributed by atoms with E-state index in [2.05, 4.69) is 0 Å². The highest BCUT2D eigenvalue weighted by molar-refractivity contribution is 6.04. The van der Waals surface area contributed by atoms with E-state index in [-0.39, 0.29) is 12.1 Å². The van der Waals surface area contributed by atoms with Crippen molar-refractivity contribution in [1.82, 2.24) is 9.80 Å². The Bertz CT molecular complexity index is 1050. The number of imide groups is 1. The summed E-state index contributed by atoms with van der Waals surface area (Å²) in [6.07, 6.45) is 1.36. The molecular weight excluding hydrogens is 432 g/mol. The van der Waals surface area contributed by atoms with E-state index in [9.17, 15) is 28.3 Å². The molecule has 0 spiro atoms. The zero-order valence-electron chi connectivity index (χ0n) is 18.2. The first-order valence-corrected chi connectivity index (χ1v) is 10.3. The summed E-state index contributed by atoms with van der Waals surface area (Å²) < 4.78 is 27.4. The highest BCUT2D eigenvalue weighted by Gasteiger charge is 2.44. The van der Waals surface area contributed by atoms with Crippen LogP contribution in [0.1, 0.15) is 30.1 Å². The van der Waals surface area contributed by atoms with Crippen molar-refractivity contribution in [2.45, 2.75) is 31.0 Å². The van der Waals surface area contributed by atoms with Crippen LogP contribution < -0.4 is 5.73 Å². The maximum atomic E-state index is 13.7. The minimum Gasteiger partial charge on any atom is -0.378 e. The lowest BCUT2D eigenvalue weighted by molar-refractivity contribution is -0.160. The van der Waals surface area contributed by atoms with Gasteiger partial charge in [0.1, 0.15) is 17.7 Å². The molecule has 0 aromatic heterocycles. The average molecular weight is 457 g/mol. The standard InChI is InChI=1S/C24H25F2N3O4/c1-14(27)22(31)29(24(33)21(30)16-11-17(25)13-18(26)12-16)20-19(15-7-4-3-5-8-15)9-6-10-28(2)23(20)32/h3-9,11-14,19-21,30H,10,27H2,1-2H3/t14-,19-,20-,21-/m0/s1. The Morgan fingerprint density at radius 3 is 2.30 bits per heavy atom. The number of amides is 3. The van der Waals surface area contributed by atoms with Gasteiger partial charge in [-0.05, 0) is 30.2 Å². The molecule has 0 unspecified atom stereocenters. The van der Waals surface area contributed by atoms with Crippen molar-refractivity contribution in [3.8, 4) is 0 Å². The highest BCUT2D eigenvalue weighted by Crippen LogP contribution is 2.31. The van der Waals surface area contributed by atoms with Crippen LogP contribution in [0, 0.1) is 11.6 Å². The number of aliphatic hydroxyl groups is 1. The fraction of sp³-hybridized carbons (Fsp3) is 0.292. The zero-order chi connectivity index (χ0) is 24.3. The van der Waals surface area contributed by atoms with Crippen molar-refractivity contribution in [3.05, 3.63) is 83.4 Å². The minimum atomic E-state index is -2.10. The summed E-state index contributed by atoms with van der Waals surface area (Å²) in [6, 6.07) is 8.40. The second kappa shape index (κ2) is 10.0. The first kappa shape index (κ1) is 24.2. The van der Waals surface area contributed by atoms with Gasteiger partial charge < -0.3 is 15.7 Å². The number of hydrogen-bond donors (Lipinski definition) is 2. The molecule has 1 aliphatic rings. The summed E-state index contributed by atoms with van der Waals surface area (Å²) >= 11 is 0. The molecule has 3 N–H and O–H groups in total. The Kier molecular flexibility index (Phi) is 7.35. The predicted octanol–water partition coefficient (Wildman–Crippen LogP) is 1.88. The number of nitrogens with zero attached hydrogens (tertiary/aromatic N) is 2. The smallest absolute Gasteiger partial charge is 0.263 e. The molecule has 0 radical (unpaired) electrons. The number of likely N-dealkylation sites (N-methyl/N-ethyl adjacent to an activating group) is 1. The molecule has 1 aliphatic heterocycles. The van der Waals surface area contributed by atoms with Gasteiger partial charge in [-0.25, -0.2) is 8.78 Å². The van der Waals surface area contributed by atoms with E-state index in [1.54, 1.807) is 42.5 Å².